The zero-order valence-corrected chi connectivity index (χ0v) is 14.9. The van der Waals surface area contributed by atoms with Crippen LogP contribution in [0.2, 0.25) is 0 Å². The van der Waals surface area contributed by atoms with Crippen molar-refractivity contribution in [3.05, 3.63) is 34.9 Å². The van der Waals surface area contributed by atoms with Gasteiger partial charge in [0.15, 0.2) is 0 Å². The Balaban J connectivity index is 1.46. The van der Waals surface area contributed by atoms with Crippen molar-refractivity contribution >= 4 is 23.6 Å². The maximum Gasteiger partial charge on any atom is 0.262 e. The van der Waals surface area contributed by atoms with Gasteiger partial charge in [0, 0.05) is 25.6 Å². The van der Waals surface area contributed by atoms with Crippen LogP contribution in [0, 0.1) is 5.92 Å². The summed E-state index contributed by atoms with van der Waals surface area (Å²) in [5.74, 6) is -1.35. The lowest BCUT2D eigenvalue weighted by Crippen LogP contribution is -2.54. The summed E-state index contributed by atoms with van der Waals surface area (Å²) in [7, 11) is 0. The fraction of sp³-hybridized carbons (Fsp3) is 0.474. The molecule has 0 radical (unpaired) electrons. The van der Waals surface area contributed by atoms with Gasteiger partial charge in [-0.3, -0.25) is 29.4 Å². The summed E-state index contributed by atoms with van der Waals surface area (Å²) >= 11 is 0. The smallest absolute Gasteiger partial charge is 0.262 e. The SMILES string of the molecule is N[C@H](CNCc1ccc2c(c1)C(=O)N(C1CCC(=O)NC1=O)C2=O)C1CC1. The Morgan fingerprint density at radius 1 is 1.11 bits per heavy atom. The summed E-state index contributed by atoms with van der Waals surface area (Å²) in [6.07, 6.45) is 2.65. The molecular formula is C19H22N4O4. The summed E-state index contributed by atoms with van der Waals surface area (Å²) in [4.78, 5) is 49.8. The van der Waals surface area contributed by atoms with E-state index in [9.17, 15) is 19.2 Å². The molecule has 2 aliphatic heterocycles. The first-order chi connectivity index (χ1) is 13.0. The third kappa shape index (κ3) is 3.38. The van der Waals surface area contributed by atoms with Gasteiger partial charge in [-0.05, 0) is 42.9 Å². The van der Waals surface area contributed by atoms with Gasteiger partial charge in [0.1, 0.15) is 6.04 Å². The second-order valence-electron chi connectivity index (χ2n) is 7.46. The quantitative estimate of drug-likeness (QED) is 0.602. The number of nitrogens with two attached hydrogens (primary N) is 1. The van der Waals surface area contributed by atoms with E-state index in [1.807, 2.05) is 0 Å². The molecule has 0 spiro atoms. The molecule has 1 aliphatic carbocycles. The van der Waals surface area contributed by atoms with Gasteiger partial charge in [0.2, 0.25) is 11.8 Å². The molecule has 8 heteroatoms. The summed E-state index contributed by atoms with van der Waals surface area (Å²) in [6.45, 7) is 1.25. The molecule has 2 atom stereocenters. The Hall–Kier alpha value is -2.58. The van der Waals surface area contributed by atoms with Crippen molar-refractivity contribution in [3.8, 4) is 0 Å². The van der Waals surface area contributed by atoms with Crippen molar-refractivity contribution in [2.45, 2.75) is 44.3 Å². The average molecular weight is 370 g/mol. The number of fused-ring (bicyclic) bond motifs is 1. The molecule has 4 rings (SSSR count). The van der Waals surface area contributed by atoms with E-state index >= 15 is 0 Å². The number of hydrogen-bond acceptors (Lipinski definition) is 6. The predicted octanol–water partition coefficient (Wildman–Crippen LogP) is -0.0853. The lowest BCUT2D eigenvalue weighted by molar-refractivity contribution is -0.136. The number of carbonyl (C=O) groups excluding carboxylic acids is 4. The lowest BCUT2D eigenvalue weighted by Gasteiger charge is -2.27. The molecule has 2 fully saturated rings. The number of piperidine rings is 1. The van der Waals surface area contributed by atoms with Gasteiger partial charge in [-0.25, -0.2) is 0 Å². The van der Waals surface area contributed by atoms with Crippen molar-refractivity contribution < 1.29 is 19.2 Å². The third-order valence-electron chi connectivity index (χ3n) is 5.44. The Kier molecular flexibility index (Phi) is 4.53. The summed E-state index contributed by atoms with van der Waals surface area (Å²) in [6, 6.07) is 4.32. The minimum atomic E-state index is -0.937. The maximum atomic E-state index is 12.8. The molecule has 4 N–H and O–H groups in total. The van der Waals surface area contributed by atoms with Gasteiger partial charge < -0.3 is 11.1 Å². The molecule has 8 nitrogen and oxygen atoms in total. The second kappa shape index (κ2) is 6.86. The first-order valence-corrected chi connectivity index (χ1v) is 9.26. The number of hydrogen-bond donors (Lipinski definition) is 3. The summed E-state index contributed by atoms with van der Waals surface area (Å²) in [5, 5.41) is 5.48. The Morgan fingerprint density at radius 3 is 2.56 bits per heavy atom. The van der Waals surface area contributed by atoms with Crippen LogP contribution in [0.25, 0.3) is 0 Å². The van der Waals surface area contributed by atoms with Crippen molar-refractivity contribution in [1.82, 2.24) is 15.5 Å². The van der Waals surface area contributed by atoms with Crippen LogP contribution >= 0.6 is 0 Å². The fourth-order valence-corrected chi connectivity index (χ4v) is 3.70. The van der Waals surface area contributed by atoms with Crippen LogP contribution in [0.5, 0.6) is 0 Å². The number of nitrogens with one attached hydrogen (secondary N) is 2. The van der Waals surface area contributed by atoms with E-state index in [2.05, 4.69) is 10.6 Å². The number of carbonyl (C=O) groups is 4. The molecule has 0 aromatic heterocycles. The van der Waals surface area contributed by atoms with E-state index < -0.39 is 23.8 Å². The van der Waals surface area contributed by atoms with E-state index in [-0.39, 0.29) is 24.8 Å². The molecule has 3 aliphatic rings. The largest absolute Gasteiger partial charge is 0.326 e. The van der Waals surface area contributed by atoms with Gasteiger partial charge in [0.25, 0.3) is 11.8 Å². The second-order valence-corrected chi connectivity index (χ2v) is 7.46. The average Bonchev–Trinajstić information content (AvgIpc) is 3.45. The lowest BCUT2D eigenvalue weighted by atomic mass is 10.0. The Morgan fingerprint density at radius 2 is 1.85 bits per heavy atom. The van der Waals surface area contributed by atoms with E-state index in [1.165, 1.54) is 12.8 Å². The maximum absolute atomic E-state index is 12.8. The van der Waals surface area contributed by atoms with Gasteiger partial charge in [-0.2, -0.15) is 0 Å². The normalized spacial score (nSPS) is 23.4. The zero-order chi connectivity index (χ0) is 19.1. The van der Waals surface area contributed by atoms with Gasteiger partial charge in [-0.15, -0.1) is 0 Å². The third-order valence-corrected chi connectivity index (χ3v) is 5.44. The Labute approximate surface area is 156 Å². The first-order valence-electron chi connectivity index (χ1n) is 9.26. The van der Waals surface area contributed by atoms with E-state index in [1.54, 1.807) is 18.2 Å². The van der Waals surface area contributed by atoms with Gasteiger partial charge >= 0.3 is 0 Å². The highest BCUT2D eigenvalue weighted by atomic mass is 16.2. The molecule has 2 heterocycles. The van der Waals surface area contributed by atoms with Crippen molar-refractivity contribution in [1.29, 1.82) is 0 Å². The highest BCUT2D eigenvalue weighted by molar-refractivity contribution is 6.23. The molecule has 1 aromatic carbocycles. The standard InChI is InChI=1S/C19H22N4O4/c20-14(11-2-3-11)9-21-8-10-1-4-12-13(7-10)19(27)23(18(12)26)15-5-6-16(24)22-17(15)25/h1,4,7,11,14-15,21H,2-3,5-6,8-9,20H2,(H,22,24,25)/t14-,15?/m1/s1. The molecule has 4 amide bonds. The molecule has 1 saturated carbocycles. The van der Waals surface area contributed by atoms with E-state index in [0.29, 0.717) is 30.1 Å². The predicted molar refractivity (Wildman–Crippen MR) is 95.5 cm³/mol. The topological polar surface area (TPSA) is 122 Å². The molecular weight excluding hydrogens is 348 g/mol. The van der Waals surface area contributed by atoms with Crippen LogP contribution in [-0.4, -0.2) is 47.2 Å². The molecule has 0 bridgehead atoms. The van der Waals surface area contributed by atoms with Crippen molar-refractivity contribution in [2.24, 2.45) is 11.7 Å². The number of amides is 4. The molecule has 1 saturated heterocycles. The zero-order valence-electron chi connectivity index (χ0n) is 14.9. The highest BCUT2D eigenvalue weighted by Crippen LogP contribution is 2.31. The number of rotatable bonds is 6. The molecule has 142 valence electrons. The fourth-order valence-electron chi connectivity index (χ4n) is 3.70. The first kappa shape index (κ1) is 17.8. The minimum Gasteiger partial charge on any atom is -0.326 e. The molecule has 1 aromatic rings. The summed E-state index contributed by atoms with van der Waals surface area (Å²) < 4.78 is 0. The van der Waals surface area contributed by atoms with Crippen molar-refractivity contribution in [2.75, 3.05) is 6.54 Å². The van der Waals surface area contributed by atoms with Gasteiger partial charge in [-0.1, -0.05) is 6.07 Å². The summed E-state index contributed by atoms with van der Waals surface area (Å²) in [5.41, 5.74) is 7.54. The molecule has 1 unspecified atom stereocenters. The van der Waals surface area contributed by atoms with E-state index in [0.717, 1.165) is 10.5 Å². The van der Waals surface area contributed by atoms with Crippen LogP contribution in [0.3, 0.4) is 0 Å². The number of nitrogens with zero attached hydrogens (tertiary/aromatic N) is 1. The van der Waals surface area contributed by atoms with Crippen LogP contribution in [0.1, 0.15) is 52.0 Å². The van der Waals surface area contributed by atoms with Crippen LogP contribution < -0.4 is 16.4 Å². The monoisotopic (exact) mass is 370 g/mol. The van der Waals surface area contributed by atoms with Gasteiger partial charge in [0.05, 0.1) is 11.1 Å². The van der Waals surface area contributed by atoms with Crippen molar-refractivity contribution in [3.63, 3.8) is 0 Å². The number of imide groups is 2. The van der Waals surface area contributed by atoms with Crippen LogP contribution in [0.4, 0.5) is 0 Å². The number of benzene rings is 1. The Bertz CT molecular complexity index is 833. The molecule has 27 heavy (non-hydrogen) atoms. The highest BCUT2D eigenvalue weighted by Gasteiger charge is 2.44. The van der Waals surface area contributed by atoms with Crippen LogP contribution in [0.15, 0.2) is 18.2 Å². The van der Waals surface area contributed by atoms with E-state index in [4.69, 9.17) is 5.73 Å². The van der Waals surface area contributed by atoms with Crippen LogP contribution in [-0.2, 0) is 16.1 Å². The minimum absolute atomic E-state index is 0.111.